The molecule has 0 aliphatic carbocycles. The number of aliphatic hydroxyl groups excluding tert-OH is 1. The molecule has 40 heavy (non-hydrogen) atoms. The van der Waals surface area contributed by atoms with Gasteiger partial charge in [0.15, 0.2) is 9.84 Å². The molecule has 0 heterocycles. The molecular weight excluding hydrogens is 534 g/mol. The van der Waals surface area contributed by atoms with Crippen LogP contribution in [-0.4, -0.2) is 72.8 Å². The first-order valence-electron chi connectivity index (χ1n) is 13.9. The standard InChI is InChI=1S/C29H49N3O7S/c1-19(2)16-23(25(33)14-15-40(37,38)18-20(3)4)31-26(34)21(5)30-27(35)24(17-22-12-10-9-11-13-22)32-28(36)39-29(6,7)8/h9-13,19-21,23-25,33H,14-18H2,1-8H3,(H,30,35)(H,31,34)(H,32,36)/t21-,23-,24-,25-/m0/s1. The van der Waals surface area contributed by atoms with Crippen molar-refractivity contribution in [1.82, 2.24) is 16.0 Å². The van der Waals surface area contributed by atoms with Gasteiger partial charge in [0.1, 0.15) is 17.7 Å². The van der Waals surface area contributed by atoms with Crippen molar-refractivity contribution in [2.24, 2.45) is 11.8 Å². The first-order valence-corrected chi connectivity index (χ1v) is 15.7. The molecular formula is C29H49N3O7S. The summed E-state index contributed by atoms with van der Waals surface area (Å²) in [6, 6.07) is 6.45. The summed E-state index contributed by atoms with van der Waals surface area (Å²) < 4.78 is 29.9. The highest BCUT2D eigenvalue weighted by molar-refractivity contribution is 7.91. The van der Waals surface area contributed by atoms with Crippen molar-refractivity contribution in [3.63, 3.8) is 0 Å². The minimum atomic E-state index is -3.33. The van der Waals surface area contributed by atoms with E-state index in [4.69, 9.17) is 4.74 Å². The predicted molar refractivity (Wildman–Crippen MR) is 156 cm³/mol. The van der Waals surface area contributed by atoms with Crippen molar-refractivity contribution in [2.75, 3.05) is 11.5 Å². The van der Waals surface area contributed by atoms with Gasteiger partial charge in [-0.1, -0.05) is 58.0 Å². The molecule has 0 unspecified atom stereocenters. The number of hydrogen-bond acceptors (Lipinski definition) is 7. The second-order valence-corrected chi connectivity index (χ2v) is 14.5. The quantitative estimate of drug-likeness (QED) is 0.248. The van der Waals surface area contributed by atoms with E-state index < -0.39 is 57.6 Å². The van der Waals surface area contributed by atoms with E-state index in [2.05, 4.69) is 16.0 Å². The maximum absolute atomic E-state index is 13.2. The molecule has 228 valence electrons. The molecule has 0 radical (unpaired) electrons. The molecule has 1 rings (SSSR count). The Morgan fingerprint density at radius 2 is 1.50 bits per heavy atom. The number of carbonyl (C=O) groups is 3. The Balaban J connectivity index is 2.92. The van der Waals surface area contributed by atoms with Gasteiger partial charge in [-0.05, 0) is 57.9 Å². The van der Waals surface area contributed by atoms with Crippen molar-refractivity contribution in [1.29, 1.82) is 0 Å². The number of nitrogens with one attached hydrogen (secondary N) is 3. The van der Waals surface area contributed by atoms with Crippen LogP contribution in [0.15, 0.2) is 30.3 Å². The average molecular weight is 584 g/mol. The molecule has 1 aromatic rings. The van der Waals surface area contributed by atoms with Crippen molar-refractivity contribution >= 4 is 27.7 Å². The van der Waals surface area contributed by atoms with Crippen molar-refractivity contribution in [2.45, 2.75) is 104 Å². The van der Waals surface area contributed by atoms with Crippen molar-refractivity contribution in [3.8, 4) is 0 Å². The summed E-state index contributed by atoms with van der Waals surface area (Å²) in [5, 5.41) is 18.8. The number of alkyl carbamates (subject to hydrolysis) is 1. The highest BCUT2D eigenvalue weighted by Crippen LogP contribution is 2.14. The van der Waals surface area contributed by atoms with Crippen LogP contribution < -0.4 is 16.0 Å². The highest BCUT2D eigenvalue weighted by Gasteiger charge is 2.30. The largest absolute Gasteiger partial charge is 0.444 e. The van der Waals surface area contributed by atoms with Crippen LogP contribution in [0.4, 0.5) is 4.79 Å². The van der Waals surface area contributed by atoms with E-state index in [0.29, 0.717) is 6.42 Å². The van der Waals surface area contributed by atoms with Crippen LogP contribution in [0.25, 0.3) is 0 Å². The van der Waals surface area contributed by atoms with Gasteiger partial charge in [-0.2, -0.15) is 0 Å². The first-order chi connectivity index (χ1) is 18.4. The molecule has 0 aromatic heterocycles. The Morgan fingerprint density at radius 1 is 0.900 bits per heavy atom. The molecule has 1 aromatic carbocycles. The Bertz CT molecular complexity index is 1050. The normalized spacial score (nSPS) is 15.2. The fourth-order valence-corrected chi connectivity index (χ4v) is 5.89. The molecule has 0 bridgehead atoms. The zero-order valence-electron chi connectivity index (χ0n) is 25.2. The Labute approximate surface area is 239 Å². The lowest BCUT2D eigenvalue weighted by Gasteiger charge is -2.28. The molecule has 0 aliphatic rings. The zero-order valence-corrected chi connectivity index (χ0v) is 26.0. The fraction of sp³-hybridized carbons (Fsp3) is 0.690. The second kappa shape index (κ2) is 16.0. The number of amides is 3. The highest BCUT2D eigenvalue weighted by atomic mass is 32.2. The van der Waals surface area contributed by atoms with Gasteiger partial charge in [-0.3, -0.25) is 9.59 Å². The third-order valence-corrected chi connectivity index (χ3v) is 7.90. The van der Waals surface area contributed by atoms with Crippen LogP contribution in [0.2, 0.25) is 0 Å². The Morgan fingerprint density at radius 3 is 2.02 bits per heavy atom. The Hall–Kier alpha value is -2.66. The lowest BCUT2D eigenvalue weighted by Crippen LogP contribution is -2.56. The van der Waals surface area contributed by atoms with Gasteiger partial charge in [0.05, 0.1) is 23.7 Å². The van der Waals surface area contributed by atoms with Crippen LogP contribution >= 0.6 is 0 Å². The molecule has 4 atom stereocenters. The monoisotopic (exact) mass is 583 g/mol. The lowest BCUT2D eigenvalue weighted by molar-refractivity contribution is -0.130. The van der Waals surface area contributed by atoms with Crippen molar-refractivity contribution < 1.29 is 32.6 Å². The smallest absolute Gasteiger partial charge is 0.408 e. The van der Waals surface area contributed by atoms with Gasteiger partial charge in [-0.15, -0.1) is 0 Å². The molecule has 11 heteroatoms. The topological polar surface area (TPSA) is 151 Å². The van der Waals surface area contributed by atoms with E-state index in [-0.39, 0.29) is 36.2 Å². The van der Waals surface area contributed by atoms with Gasteiger partial charge in [0.25, 0.3) is 0 Å². The summed E-state index contributed by atoms with van der Waals surface area (Å²) in [6.07, 6.45) is -1.23. The molecule has 0 aliphatic heterocycles. The summed E-state index contributed by atoms with van der Waals surface area (Å²) >= 11 is 0. The molecule has 3 amide bonds. The number of aliphatic hydroxyl groups is 1. The number of benzene rings is 1. The van der Waals surface area contributed by atoms with Crippen LogP contribution in [0.3, 0.4) is 0 Å². The minimum Gasteiger partial charge on any atom is -0.444 e. The van der Waals surface area contributed by atoms with E-state index in [1.54, 1.807) is 20.8 Å². The number of carbonyl (C=O) groups excluding carboxylic acids is 3. The third-order valence-electron chi connectivity index (χ3n) is 5.87. The maximum atomic E-state index is 13.2. The molecule has 0 spiro atoms. The van der Waals surface area contributed by atoms with Gasteiger partial charge in [0.2, 0.25) is 11.8 Å². The first kappa shape index (κ1) is 35.4. The molecule has 0 saturated carbocycles. The Kier molecular flexibility index (Phi) is 14.1. The third kappa shape index (κ3) is 14.6. The van der Waals surface area contributed by atoms with E-state index in [1.807, 2.05) is 58.0 Å². The molecule has 4 N–H and O–H groups in total. The molecule has 10 nitrogen and oxygen atoms in total. The second-order valence-electron chi connectivity index (χ2n) is 12.2. The average Bonchev–Trinajstić information content (AvgIpc) is 2.80. The number of hydrogen-bond donors (Lipinski definition) is 4. The van der Waals surface area contributed by atoms with E-state index in [0.717, 1.165) is 5.56 Å². The van der Waals surface area contributed by atoms with Crippen molar-refractivity contribution in [3.05, 3.63) is 35.9 Å². The summed E-state index contributed by atoms with van der Waals surface area (Å²) in [7, 11) is -3.33. The number of rotatable bonds is 15. The fourth-order valence-electron chi connectivity index (χ4n) is 4.11. The molecule has 0 saturated heterocycles. The maximum Gasteiger partial charge on any atom is 0.408 e. The van der Waals surface area contributed by atoms with E-state index in [1.165, 1.54) is 6.92 Å². The summed E-state index contributed by atoms with van der Waals surface area (Å²) in [5.74, 6) is -1.15. The van der Waals surface area contributed by atoms with Crippen LogP contribution in [0, 0.1) is 11.8 Å². The summed E-state index contributed by atoms with van der Waals surface area (Å²) in [4.78, 5) is 38.7. The van der Waals surface area contributed by atoms with E-state index >= 15 is 0 Å². The van der Waals surface area contributed by atoms with Gasteiger partial charge in [0, 0.05) is 6.42 Å². The number of sulfone groups is 1. The zero-order chi connectivity index (χ0) is 30.7. The number of ether oxygens (including phenoxy) is 1. The predicted octanol–water partition coefficient (Wildman–Crippen LogP) is 2.98. The molecule has 0 fully saturated rings. The lowest BCUT2D eigenvalue weighted by atomic mass is 9.97. The van der Waals surface area contributed by atoms with Crippen LogP contribution in [0.1, 0.15) is 73.8 Å². The summed E-state index contributed by atoms with van der Waals surface area (Å²) in [6.45, 7) is 14.2. The van der Waals surface area contributed by atoms with Gasteiger partial charge in [-0.25, -0.2) is 13.2 Å². The van der Waals surface area contributed by atoms with Crippen LogP contribution in [0.5, 0.6) is 0 Å². The minimum absolute atomic E-state index is 0.00752. The van der Waals surface area contributed by atoms with Gasteiger partial charge < -0.3 is 25.8 Å². The van der Waals surface area contributed by atoms with E-state index in [9.17, 15) is 27.9 Å². The summed E-state index contributed by atoms with van der Waals surface area (Å²) in [5.41, 5.74) is 0.0501. The SMILES string of the molecule is CC(C)C[C@H](NC(=O)[C@H](C)NC(=O)[C@H](Cc1ccccc1)NC(=O)OC(C)(C)C)[C@@H](O)CCS(=O)(=O)CC(C)C. The van der Waals surface area contributed by atoms with Gasteiger partial charge >= 0.3 is 6.09 Å². The van der Waals surface area contributed by atoms with Crippen LogP contribution in [-0.2, 0) is 30.6 Å².